The molecule has 0 radical (unpaired) electrons. The molecule has 0 saturated carbocycles. The molecular formula is C8H10N2O. The number of rotatable bonds is 0. The highest BCUT2D eigenvalue weighted by Crippen LogP contribution is 1.78. The van der Waals surface area contributed by atoms with Crippen LogP contribution in [0.25, 0.3) is 0 Å². The molecule has 2 rings (SSSR count). The zero-order valence-corrected chi connectivity index (χ0v) is 6.10. The Labute approximate surface area is 65.7 Å². The second-order valence-corrected chi connectivity index (χ2v) is 1.84. The molecule has 1 aliphatic heterocycles. The normalized spacial score (nSPS) is 12.4. The van der Waals surface area contributed by atoms with Crippen molar-refractivity contribution in [3.05, 3.63) is 43.1 Å². The largest absolute Gasteiger partial charge is 0.479 e. The van der Waals surface area contributed by atoms with Crippen LogP contribution in [0.2, 0.25) is 0 Å². The van der Waals surface area contributed by atoms with E-state index in [0.29, 0.717) is 6.73 Å². The minimum absolute atomic E-state index is 0.639. The van der Waals surface area contributed by atoms with E-state index in [9.17, 15) is 0 Å². The molecule has 0 saturated heterocycles. The van der Waals surface area contributed by atoms with Crippen LogP contribution in [-0.4, -0.2) is 11.7 Å². The average Bonchev–Trinajstić information content (AvgIpc) is 2.64. The van der Waals surface area contributed by atoms with Crippen molar-refractivity contribution >= 4 is 0 Å². The number of nitrogens with one attached hydrogen (secondary N) is 1. The summed E-state index contributed by atoms with van der Waals surface area (Å²) in [6.45, 7) is 0.639. The SMILES string of the molecule is C1=COCN1.c1ccncc1. The van der Waals surface area contributed by atoms with Crippen molar-refractivity contribution in [2.24, 2.45) is 0 Å². The smallest absolute Gasteiger partial charge is 0.157 e. The van der Waals surface area contributed by atoms with Crippen molar-refractivity contribution in [1.29, 1.82) is 0 Å². The van der Waals surface area contributed by atoms with Crippen molar-refractivity contribution in [3.63, 3.8) is 0 Å². The molecule has 1 aromatic rings. The van der Waals surface area contributed by atoms with Crippen LogP contribution in [-0.2, 0) is 4.74 Å². The van der Waals surface area contributed by atoms with Crippen LogP contribution in [0.5, 0.6) is 0 Å². The first kappa shape index (κ1) is 7.60. The molecule has 0 bridgehead atoms. The molecule has 0 fully saturated rings. The zero-order valence-electron chi connectivity index (χ0n) is 6.10. The van der Waals surface area contributed by atoms with Gasteiger partial charge in [-0.1, -0.05) is 6.07 Å². The highest BCUT2D eigenvalue weighted by Gasteiger charge is 1.79. The molecule has 1 aromatic heterocycles. The standard InChI is InChI=1S/C5H5N.C3H5NO/c1-2-4-6-5-3-1;1-2-5-3-4-1/h1-5H;1-2,4H,3H2. The monoisotopic (exact) mass is 150 g/mol. The van der Waals surface area contributed by atoms with Gasteiger partial charge >= 0.3 is 0 Å². The third-order valence-corrected chi connectivity index (χ3v) is 1.02. The lowest BCUT2D eigenvalue weighted by atomic mass is 10.5. The van der Waals surface area contributed by atoms with Crippen LogP contribution in [0.3, 0.4) is 0 Å². The Balaban J connectivity index is 0.000000112. The summed E-state index contributed by atoms with van der Waals surface area (Å²) < 4.78 is 4.65. The molecule has 0 amide bonds. The third-order valence-electron chi connectivity index (χ3n) is 1.02. The molecule has 3 heteroatoms. The maximum absolute atomic E-state index is 4.65. The van der Waals surface area contributed by atoms with Gasteiger partial charge in [0.05, 0.1) is 0 Å². The summed E-state index contributed by atoms with van der Waals surface area (Å²) in [7, 11) is 0. The Morgan fingerprint density at radius 2 is 2.00 bits per heavy atom. The minimum atomic E-state index is 0.639. The number of nitrogens with zero attached hydrogens (tertiary/aromatic N) is 1. The molecule has 0 spiro atoms. The van der Waals surface area contributed by atoms with Gasteiger partial charge in [-0.05, 0) is 12.1 Å². The van der Waals surface area contributed by atoms with Crippen LogP contribution in [0, 0.1) is 0 Å². The van der Waals surface area contributed by atoms with Crippen LogP contribution >= 0.6 is 0 Å². The van der Waals surface area contributed by atoms with Gasteiger partial charge in [-0.2, -0.15) is 0 Å². The number of pyridine rings is 1. The highest BCUT2D eigenvalue weighted by atomic mass is 16.5. The molecule has 0 atom stereocenters. The van der Waals surface area contributed by atoms with Crippen LogP contribution in [0.4, 0.5) is 0 Å². The lowest BCUT2D eigenvalue weighted by Crippen LogP contribution is -1.98. The summed E-state index contributed by atoms with van der Waals surface area (Å²) in [5.74, 6) is 0. The van der Waals surface area contributed by atoms with E-state index in [2.05, 4.69) is 15.0 Å². The fraction of sp³-hybridized carbons (Fsp3) is 0.125. The predicted octanol–water partition coefficient (Wildman–Crippen LogP) is 1.12. The lowest BCUT2D eigenvalue weighted by Gasteiger charge is -1.82. The van der Waals surface area contributed by atoms with Gasteiger partial charge in [-0.3, -0.25) is 4.98 Å². The van der Waals surface area contributed by atoms with Crippen molar-refractivity contribution in [3.8, 4) is 0 Å². The topological polar surface area (TPSA) is 34.1 Å². The Bertz CT molecular complexity index is 166. The number of hydrogen-bond donors (Lipinski definition) is 1. The van der Waals surface area contributed by atoms with Crippen molar-refractivity contribution in [1.82, 2.24) is 10.3 Å². The van der Waals surface area contributed by atoms with Gasteiger partial charge in [0, 0.05) is 18.6 Å². The summed E-state index contributed by atoms with van der Waals surface area (Å²) in [4.78, 5) is 3.78. The van der Waals surface area contributed by atoms with Gasteiger partial charge in [0.25, 0.3) is 0 Å². The molecule has 58 valence electrons. The third kappa shape index (κ3) is 3.97. The Morgan fingerprint density at radius 3 is 2.18 bits per heavy atom. The molecule has 3 nitrogen and oxygen atoms in total. The summed E-state index contributed by atoms with van der Waals surface area (Å²) in [6.07, 6.45) is 6.89. The predicted molar refractivity (Wildman–Crippen MR) is 42.5 cm³/mol. The molecule has 0 unspecified atom stereocenters. The van der Waals surface area contributed by atoms with Crippen LogP contribution < -0.4 is 5.32 Å². The maximum atomic E-state index is 4.65. The van der Waals surface area contributed by atoms with E-state index in [1.807, 2.05) is 18.2 Å². The van der Waals surface area contributed by atoms with Gasteiger partial charge in [-0.25, -0.2) is 0 Å². The van der Waals surface area contributed by atoms with E-state index >= 15 is 0 Å². The number of ether oxygens (including phenoxy) is 1. The molecule has 1 aliphatic rings. The van der Waals surface area contributed by atoms with Crippen LogP contribution in [0.1, 0.15) is 0 Å². The second kappa shape index (κ2) is 5.29. The fourth-order valence-electron chi connectivity index (χ4n) is 0.553. The first-order chi connectivity index (χ1) is 5.50. The first-order valence-corrected chi connectivity index (χ1v) is 3.35. The van der Waals surface area contributed by atoms with E-state index in [1.54, 1.807) is 24.9 Å². The number of hydrogen-bond acceptors (Lipinski definition) is 3. The van der Waals surface area contributed by atoms with Crippen LogP contribution in [0.15, 0.2) is 43.1 Å². The summed E-state index contributed by atoms with van der Waals surface area (Å²) >= 11 is 0. The Hall–Kier alpha value is -1.51. The van der Waals surface area contributed by atoms with Gasteiger partial charge in [0.15, 0.2) is 6.73 Å². The highest BCUT2D eigenvalue weighted by molar-refractivity contribution is 4.88. The zero-order chi connectivity index (χ0) is 7.78. The molecule has 1 N–H and O–H groups in total. The van der Waals surface area contributed by atoms with Gasteiger partial charge in [-0.15, -0.1) is 0 Å². The number of aromatic nitrogens is 1. The lowest BCUT2D eigenvalue weighted by molar-refractivity contribution is 0.267. The molecule has 0 aliphatic carbocycles. The summed E-state index contributed by atoms with van der Waals surface area (Å²) in [6, 6.07) is 5.72. The van der Waals surface area contributed by atoms with Gasteiger partial charge < -0.3 is 10.1 Å². The van der Waals surface area contributed by atoms with E-state index in [4.69, 9.17) is 0 Å². The minimum Gasteiger partial charge on any atom is -0.479 e. The van der Waals surface area contributed by atoms with E-state index in [-0.39, 0.29) is 0 Å². The van der Waals surface area contributed by atoms with Crippen molar-refractivity contribution < 1.29 is 4.74 Å². The quantitative estimate of drug-likeness (QED) is 0.601. The van der Waals surface area contributed by atoms with E-state index in [0.717, 1.165) is 0 Å². The van der Waals surface area contributed by atoms with Crippen molar-refractivity contribution in [2.45, 2.75) is 0 Å². The first-order valence-electron chi connectivity index (χ1n) is 3.35. The average molecular weight is 150 g/mol. The molecule has 0 aromatic carbocycles. The maximum Gasteiger partial charge on any atom is 0.157 e. The fourth-order valence-corrected chi connectivity index (χ4v) is 0.553. The Morgan fingerprint density at radius 1 is 1.18 bits per heavy atom. The van der Waals surface area contributed by atoms with Gasteiger partial charge in [0.2, 0.25) is 0 Å². The summed E-state index contributed by atoms with van der Waals surface area (Å²) in [5.41, 5.74) is 0. The molecule has 11 heavy (non-hydrogen) atoms. The Kier molecular flexibility index (Phi) is 3.65. The van der Waals surface area contributed by atoms with E-state index < -0.39 is 0 Å². The van der Waals surface area contributed by atoms with Crippen molar-refractivity contribution in [2.75, 3.05) is 6.73 Å². The summed E-state index contributed by atoms with van der Waals surface area (Å²) in [5, 5.41) is 2.82. The van der Waals surface area contributed by atoms with E-state index in [1.165, 1.54) is 0 Å². The van der Waals surface area contributed by atoms with Gasteiger partial charge in [0.1, 0.15) is 6.26 Å². The molecular weight excluding hydrogens is 140 g/mol. The molecule has 2 heterocycles. The second-order valence-electron chi connectivity index (χ2n) is 1.84.